The maximum absolute atomic E-state index is 12.8. The molecule has 1 aromatic carbocycles. The van der Waals surface area contributed by atoms with E-state index >= 15 is 0 Å². The van der Waals surface area contributed by atoms with Crippen molar-refractivity contribution in [1.82, 2.24) is 5.32 Å². The Morgan fingerprint density at radius 1 is 1.39 bits per heavy atom. The Kier molecular flexibility index (Phi) is 4.45. The van der Waals surface area contributed by atoms with Gasteiger partial charge < -0.3 is 10.6 Å². The lowest BCUT2D eigenvalue weighted by atomic mass is 10.1. The molecule has 0 aliphatic rings. The Labute approximate surface area is 107 Å². The van der Waals surface area contributed by atoms with E-state index in [-0.39, 0.29) is 10.7 Å². The van der Waals surface area contributed by atoms with Gasteiger partial charge in [-0.05, 0) is 25.1 Å². The van der Waals surface area contributed by atoms with E-state index in [0.717, 1.165) is 6.07 Å². The molecule has 0 aromatic heterocycles. The molecule has 1 amide bonds. The summed E-state index contributed by atoms with van der Waals surface area (Å²) in [6.07, 6.45) is -4.53. The van der Waals surface area contributed by atoms with Crippen LogP contribution in [-0.2, 0) is 11.0 Å². The van der Waals surface area contributed by atoms with Crippen molar-refractivity contribution in [2.45, 2.75) is 19.1 Å². The summed E-state index contributed by atoms with van der Waals surface area (Å²) >= 11 is 5.54. The van der Waals surface area contributed by atoms with Crippen molar-refractivity contribution >= 4 is 23.2 Å². The summed E-state index contributed by atoms with van der Waals surface area (Å²) in [6.45, 7) is 1.47. The molecule has 7 heteroatoms. The molecule has 100 valence electrons. The first-order valence-corrected chi connectivity index (χ1v) is 5.48. The second-order valence-electron chi connectivity index (χ2n) is 3.67. The monoisotopic (exact) mass is 280 g/mol. The van der Waals surface area contributed by atoms with Crippen LogP contribution < -0.4 is 10.6 Å². The van der Waals surface area contributed by atoms with Crippen LogP contribution in [0.2, 0.25) is 5.02 Å². The van der Waals surface area contributed by atoms with Crippen LogP contribution in [0.15, 0.2) is 18.2 Å². The fraction of sp³-hybridized carbons (Fsp3) is 0.364. The normalized spacial score (nSPS) is 13.0. The van der Waals surface area contributed by atoms with Crippen molar-refractivity contribution in [3.05, 3.63) is 28.8 Å². The zero-order chi connectivity index (χ0) is 13.9. The van der Waals surface area contributed by atoms with Gasteiger partial charge in [-0.15, -0.1) is 0 Å². The number of rotatable bonds is 3. The number of hydrogen-bond donors (Lipinski definition) is 2. The number of alkyl halides is 3. The highest BCUT2D eigenvalue weighted by Crippen LogP contribution is 2.36. The van der Waals surface area contributed by atoms with Crippen LogP contribution in [0.25, 0.3) is 0 Å². The number of benzene rings is 1. The van der Waals surface area contributed by atoms with Gasteiger partial charge in [0.25, 0.3) is 0 Å². The molecule has 0 aliphatic heterocycles. The predicted molar refractivity (Wildman–Crippen MR) is 63.6 cm³/mol. The molecular formula is C11H12ClF3N2O. The van der Waals surface area contributed by atoms with E-state index in [0.29, 0.717) is 0 Å². The van der Waals surface area contributed by atoms with E-state index in [2.05, 4.69) is 10.6 Å². The van der Waals surface area contributed by atoms with Crippen LogP contribution >= 0.6 is 11.6 Å². The maximum Gasteiger partial charge on any atom is 0.418 e. The first-order chi connectivity index (χ1) is 8.25. The largest absolute Gasteiger partial charge is 0.418 e. The average Bonchev–Trinajstić information content (AvgIpc) is 2.28. The van der Waals surface area contributed by atoms with Gasteiger partial charge in [-0.1, -0.05) is 11.6 Å². The molecule has 18 heavy (non-hydrogen) atoms. The van der Waals surface area contributed by atoms with Crippen LogP contribution in [0.5, 0.6) is 0 Å². The Bertz CT molecular complexity index is 448. The summed E-state index contributed by atoms with van der Waals surface area (Å²) in [4.78, 5) is 11.3. The van der Waals surface area contributed by atoms with E-state index in [1.165, 1.54) is 26.1 Å². The Hall–Kier alpha value is -1.43. The second kappa shape index (κ2) is 5.48. The highest BCUT2D eigenvalue weighted by molar-refractivity contribution is 6.30. The molecule has 0 bridgehead atoms. The number of likely N-dealkylation sites (N-methyl/N-ethyl adjacent to an activating group) is 1. The molecule has 1 atom stereocenters. The molecule has 0 saturated carbocycles. The third-order valence-corrected chi connectivity index (χ3v) is 2.53. The second-order valence-corrected chi connectivity index (χ2v) is 4.10. The van der Waals surface area contributed by atoms with Crippen LogP contribution in [0.1, 0.15) is 12.5 Å². The smallest absolute Gasteiger partial charge is 0.373 e. The van der Waals surface area contributed by atoms with E-state index in [1.807, 2.05) is 0 Å². The van der Waals surface area contributed by atoms with E-state index in [1.54, 1.807) is 0 Å². The number of amides is 1. The van der Waals surface area contributed by atoms with Crippen LogP contribution in [-0.4, -0.2) is 19.0 Å². The number of carbonyl (C=O) groups is 1. The summed E-state index contributed by atoms with van der Waals surface area (Å²) in [7, 11) is 1.41. The number of anilines is 1. The number of hydrogen-bond acceptors (Lipinski definition) is 2. The number of nitrogens with one attached hydrogen (secondary N) is 2. The molecule has 1 rings (SSSR count). The fourth-order valence-corrected chi connectivity index (χ4v) is 1.56. The van der Waals surface area contributed by atoms with Gasteiger partial charge in [0.1, 0.15) is 6.04 Å². The average molecular weight is 281 g/mol. The third kappa shape index (κ3) is 3.53. The molecular weight excluding hydrogens is 269 g/mol. The van der Waals surface area contributed by atoms with Crippen LogP contribution in [0, 0.1) is 0 Å². The highest BCUT2D eigenvalue weighted by Gasteiger charge is 2.34. The zero-order valence-electron chi connectivity index (χ0n) is 9.73. The molecule has 1 aromatic rings. The van der Waals surface area contributed by atoms with E-state index in [9.17, 15) is 18.0 Å². The summed E-state index contributed by atoms with van der Waals surface area (Å²) in [5, 5.41) is 4.84. The van der Waals surface area contributed by atoms with Gasteiger partial charge in [-0.3, -0.25) is 4.79 Å². The molecule has 2 N–H and O–H groups in total. The highest BCUT2D eigenvalue weighted by atomic mass is 35.5. The first-order valence-electron chi connectivity index (χ1n) is 5.10. The van der Waals surface area contributed by atoms with Gasteiger partial charge >= 0.3 is 6.18 Å². The predicted octanol–water partition coefficient (Wildman–Crippen LogP) is 2.91. The van der Waals surface area contributed by atoms with Gasteiger partial charge in [-0.25, -0.2) is 0 Å². The third-order valence-electron chi connectivity index (χ3n) is 2.30. The van der Waals surface area contributed by atoms with E-state index < -0.39 is 23.7 Å². The minimum Gasteiger partial charge on any atom is -0.373 e. The van der Waals surface area contributed by atoms with Gasteiger partial charge in [0.2, 0.25) is 5.91 Å². The molecule has 0 fully saturated rings. The van der Waals surface area contributed by atoms with Crippen molar-refractivity contribution in [3.8, 4) is 0 Å². The van der Waals surface area contributed by atoms with Gasteiger partial charge in [0, 0.05) is 17.8 Å². The molecule has 0 spiro atoms. The van der Waals surface area contributed by atoms with Crippen molar-refractivity contribution < 1.29 is 18.0 Å². The van der Waals surface area contributed by atoms with Gasteiger partial charge in [0.15, 0.2) is 0 Å². The quantitative estimate of drug-likeness (QED) is 0.894. The summed E-state index contributed by atoms with van der Waals surface area (Å²) in [5.41, 5.74) is -1.08. The summed E-state index contributed by atoms with van der Waals surface area (Å²) < 4.78 is 38.3. The summed E-state index contributed by atoms with van der Waals surface area (Å²) in [5.74, 6) is -0.405. The van der Waals surface area contributed by atoms with Gasteiger partial charge in [-0.2, -0.15) is 13.2 Å². The van der Waals surface area contributed by atoms with Crippen LogP contribution in [0.3, 0.4) is 0 Å². The minimum absolute atomic E-state index is 0.0135. The molecule has 3 nitrogen and oxygen atoms in total. The fourth-order valence-electron chi connectivity index (χ4n) is 1.39. The van der Waals surface area contributed by atoms with Gasteiger partial charge in [0.05, 0.1) is 5.56 Å². The van der Waals surface area contributed by atoms with Crippen molar-refractivity contribution in [2.75, 3.05) is 12.4 Å². The minimum atomic E-state index is -4.53. The lowest BCUT2D eigenvalue weighted by Gasteiger charge is -2.18. The maximum atomic E-state index is 12.8. The standard InChI is InChI=1S/C11H12ClF3N2O/c1-6(10(18)16-2)17-9-4-3-7(12)5-8(9)11(13,14)15/h3-6,17H,1-2H3,(H,16,18). The van der Waals surface area contributed by atoms with E-state index in [4.69, 9.17) is 11.6 Å². The van der Waals surface area contributed by atoms with Crippen LogP contribution in [0.4, 0.5) is 18.9 Å². The van der Waals surface area contributed by atoms with Crippen molar-refractivity contribution in [1.29, 1.82) is 0 Å². The Morgan fingerprint density at radius 2 is 2.00 bits per heavy atom. The molecule has 0 aliphatic carbocycles. The summed E-state index contributed by atoms with van der Waals surface area (Å²) in [6, 6.07) is 2.57. The number of carbonyl (C=O) groups excluding carboxylic acids is 1. The number of halogens is 4. The lowest BCUT2D eigenvalue weighted by Crippen LogP contribution is -2.35. The topological polar surface area (TPSA) is 41.1 Å². The van der Waals surface area contributed by atoms with Crippen molar-refractivity contribution in [2.24, 2.45) is 0 Å². The zero-order valence-corrected chi connectivity index (χ0v) is 10.5. The SMILES string of the molecule is CNC(=O)C(C)Nc1ccc(Cl)cc1C(F)(F)F. The Morgan fingerprint density at radius 3 is 2.50 bits per heavy atom. The molecule has 0 heterocycles. The molecule has 0 radical (unpaired) electrons. The first kappa shape index (κ1) is 14.6. The molecule has 0 saturated heterocycles. The molecule has 1 unspecified atom stereocenters. The van der Waals surface area contributed by atoms with Crippen molar-refractivity contribution in [3.63, 3.8) is 0 Å². The Balaban J connectivity index is 3.06. The lowest BCUT2D eigenvalue weighted by molar-refractivity contribution is -0.137.